The summed E-state index contributed by atoms with van der Waals surface area (Å²) in [4.78, 5) is 51.9. The topological polar surface area (TPSA) is 191 Å². The monoisotopic (exact) mass is 836 g/mol. The van der Waals surface area contributed by atoms with Gasteiger partial charge in [0, 0.05) is 29.5 Å². The summed E-state index contributed by atoms with van der Waals surface area (Å²) in [5, 5.41) is 38.4. The number of carbonyl (C=O) groups excluding carboxylic acids is 4. The molecular formula is C47H60N6O8. The lowest BCUT2D eigenvalue weighted by Gasteiger charge is -2.65. The number of urea groups is 2. The van der Waals surface area contributed by atoms with E-state index in [-0.39, 0.29) is 38.8 Å². The highest BCUT2D eigenvalue weighted by molar-refractivity contribution is 6.08. The molecule has 0 aromatic heterocycles. The van der Waals surface area contributed by atoms with Crippen molar-refractivity contribution in [1.29, 1.82) is 0 Å². The zero-order chi connectivity index (χ0) is 41.0. The molecule has 0 unspecified atom stereocenters. The number of hydrogen-bond donors (Lipinski definition) is 7. The number of amides is 6. The summed E-state index contributed by atoms with van der Waals surface area (Å²) in [5.41, 5.74) is 0.623. The number of rotatable bonds is 4. The molecule has 4 saturated heterocycles. The van der Waals surface area contributed by atoms with Gasteiger partial charge in [-0.25, -0.2) is 9.59 Å². The molecule has 14 heteroatoms. The van der Waals surface area contributed by atoms with Gasteiger partial charge in [-0.3, -0.25) is 25.1 Å². The van der Waals surface area contributed by atoms with E-state index in [0.29, 0.717) is 51.4 Å². The zero-order valence-electron chi connectivity index (χ0n) is 33.5. The number of nitrogens with one attached hydrogen (secondary N) is 5. The second kappa shape index (κ2) is 14.8. The quantitative estimate of drug-likeness (QED) is 0.190. The Balaban J connectivity index is 0.000000167. The molecule has 2 saturated carbocycles. The summed E-state index contributed by atoms with van der Waals surface area (Å²) < 4.78 is 11.0. The van der Waals surface area contributed by atoms with Gasteiger partial charge in [0.15, 0.2) is 0 Å². The first-order valence-corrected chi connectivity index (χ1v) is 20.9. The van der Waals surface area contributed by atoms with E-state index in [9.17, 15) is 29.4 Å². The van der Waals surface area contributed by atoms with E-state index in [1.165, 1.54) is 16.7 Å². The van der Waals surface area contributed by atoms with Crippen LogP contribution in [0.5, 0.6) is 11.5 Å². The predicted octanol–water partition coefficient (Wildman–Crippen LogP) is 3.87. The summed E-state index contributed by atoms with van der Waals surface area (Å²) >= 11 is 0. The van der Waals surface area contributed by atoms with E-state index in [4.69, 9.17) is 9.47 Å². The van der Waals surface area contributed by atoms with Crippen LogP contribution in [-0.4, -0.2) is 101 Å². The fourth-order valence-electron chi connectivity index (χ4n) is 13.0. The molecule has 4 bridgehead atoms. The molecule has 61 heavy (non-hydrogen) atoms. The van der Waals surface area contributed by atoms with Gasteiger partial charge in [0.05, 0.1) is 25.4 Å². The molecule has 11 rings (SSSR count). The molecule has 6 amide bonds. The van der Waals surface area contributed by atoms with Crippen LogP contribution in [-0.2, 0) is 39.8 Å². The van der Waals surface area contributed by atoms with Crippen LogP contribution in [0.25, 0.3) is 0 Å². The lowest BCUT2D eigenvalue weighted by atomic mass is 9.46. The van der Waals surface area contributed by atoms with Crippen LogP contribution in [0.4, 0.5) is 9.59 Å². The van der Waals surface area contributed by atoms with Crippen molar-refractivity contribution in [3.63, 3.8) is 0 Å². The first kappa shape index (κ1) is 42.7. The Morgan fingerprint density at radius 1 is 0.672 bits per heavy atom. The number of carbonyl (C=O) groups is 4. The summed E-state index contributed by atoms with van der Waals surface area (Å²) in [7, 11) is 3.28. The largest absolute Gasteiger partial charge is 0.497 e. The second-order valence-electron chi connectivity index (χ2n) is 18.3. The Bertz CT molecular complexity index is 2280. The number of ether oxygens (including phenoxy) is 2. The molecule has 8 atom stereocenters. The summed E-state index contributed by atoms with van der Waals surface area (Å²) in [6, 6.07) is 21.5. The highest BCUT2D eigenvalue weighted by Crippen LogP contribution is 2.62. The first-order valence-electron chi connectivity index (χ1n) is 20.9. The molecular weight excluding hydrogens is 777 g/mol. The molecule has 14 nitrogen and oxygen atoms in total. The van der Waals surface area contributed by atoms with E-state index in [1.54, 1.807) is 14.2 Å². The first-order chi connectivity index (χ1) is 28.3. The predicted molar refractivity (Wildman–Crippen MR) is 228 cm³/mol. The fraction of sp³-hybridized carbons (Fsp3) is 0.532. The van der Waals surface area contributed by atoms with Gasteiger partial charge in [-0.1, -0.05) is 57.3 Å². The number of fused-ring (bicyclic) bond motifs is 2. The third-order valence-corrected chi connectivity index (χ3v) is 15.8. The van der Waals surface area contributed by atoms with Gasteiger partial charge in [0.1, 0.15) is 22.6 Å². The SMILES string of the molecule is C.C.COc1ccc2c(c1)[C@]13CCN(Cc4ccccc4)[C@H](C2)[C@]1(O)CC[C@@]1(C3)NC(=O)NC1=O.COc1ccc2c(c1)[C@]13CCN[C@H](C2)[C@]1(O)CC[C@@]1(C3)NC(=O)NC1=O. The van der Waals surface area contributed by atoms with Gasteiger partial charge in [-0.15, -0.1) is 0 Å². The Kier molecular flexibility index (Phi) is 10.4. The smallest absolute Gasteiger partial charge is 0.322 e. The highest BCUT2D eigenvalue weighted by Gasteiger charge is 2.70. The van der Waals surface area contributed by atoms with Crippen molar-refractivity contribution in [3.8, 4) is 11.5 Å². The standard InChI is InChI=1S/C26H29N3O4.C19H23N3O4.2CH4/c1-33-19-8-7-18-13-21-26(32)10-9-25(22(30)27-23(31)28-25)16-24(26,20(18)14-19)11-12-29(21)15-17-5-3-2-4-6-17;1-26-12-3-2-11-8-14-19(25)5-4-18(15(23)21-16(24)22-18)10-17(19,6-7-20-14)13(11)9-12;;/h2-8,14,21,32H,9-13,15-16H2,1H3,(H2,27,28,30,31);2-3,9,14,20,25H,4-8,10H2,1H3,(H2,21,22,23,24);2*1H4/t21-,24-,25+,26-;14-,17-,18+,19-;;/m11../s1. The summed E-state index contributed by atoms with van der Waals surface area (Å²) in [6.07, 6.45) is 5.51. The summed E-state index contributed by atoms with van der Waals surface area (Å²) in [5.74, 6) is 0.943. The maximum atomic E-state index is 12.9. The molecule has 6 fully saturated rings. The van der Waals surface area contributed by atoms with Crippen LogP contribution < -0.4 is 36.1 Å². The van der Waals surface area contributed by atoms with Crippen molar-refractivity contribution < 1.29 is 38.9 Å². The van der Waals surface area contributed by atoms with Gasteiger partial charge in [0.2, 0.25) is 0 Å². The van der Waals surface area contributed by atoms with Crippen molar-refractivity contribution in [1.82, 2.24) is 31.5 Å². The average Bonchev–Trinajstić information content (AvgIpc) is 3.66. The van der Waals surface area contributed by atoms with Crippen molar-refractivity contribution >= 4 is 23.9 Å². The van der Waals surface area contributed by atoms with E-state index in [1.807, 2.05) is 42.5 Å². The molecule has 7 N–H and O–H groups in total. The Hall–Kier alpha value is -5.02. The van der Waals surface area contributed by atoms with Gasteiger partial charge in [0.25, 0.3) is 11.8 Å². The number of piperidine rings is 2. The molecule has 2 spiro atoms. The van der Waals surface area contributed by atoms with Crippen molar-refractivity contribution in [2.24, 2.45) is 0 Å². The summed E-state index contributed by atoms with van der Waals surface area (Å²) in [6.45, 7) is 2.36. The molecule has 8 aliphatic rings. The van der Waals surface area contributed by atoms with E-state index < -0.39 is 45.2 Å². The Labute approximate surface area is 357 Å². The normalized spacial score (nSPS) is 36.1. The number of hydrogen-bond acceptors (Lipinski definition) is 10. The molecule has 4 heterocycles. The van der Waals surface area contributed by atoms with Crippen molar-refractivity contribution in [2.75, 3.05) is 27.3 Å². The second-order valence-corrected chi connectivity index (χ2v) is 18.3. The molecule has 4 aliphatic heterocycles. The molecule has 326 valence electrons. The fourth-order valence-corrected chi connectivity index (χ4v) is 13.0. The van der Waals surface area contributed by atoms with E-state index >= 15 is 0 Å². The number of aliphatic hydroxyl groups is 2. The number of likely N-dealkylation sites (tertiary alicyclic amines) is 1. The van der Waals surface area contributed by atoms with Crippen LogP contribution >= 0.6 is 0 Å². The van der Waals surface area contributed by atoms with Gasteiger partial charge in [-0.05, 0) is 129 Å². The third-order valence-electron chi connectivity index (χ3n) is 15.8. The lowest BCUT2D eigenvalue weighted by Crippen LogP contribution is -2.76. The van der Waals surface area contributed by atoms with E-state index in [0.717, 1.165) is 55.1 Å². The number of imide groups is 2. The minimum absolute atomic E-state index is 0. The van der Waals surface area contributed by atoms with Crippen LogP contribution in [0.1, 0.15) is 94.0 Å². The van der Waals surface area contributed by atoms with Crippen molar-refractivity contribution in [2.45, 2.75) is 131 Å². The highest BCUT2D eigenvalue weighted by atomic mass is 16.5. The maximum absolute atomic E-state index is 12.9. The third kappa shape index (κ3) is 6.03. The molecule has 4 aliphatic carbocycles. The van der Waals surface area contributed by atoms with Crippen LogP contribution in [0, 0.1) is 0 Å². The number of methoxy groups -OCH3 is 2. The van der Waals surface area contributed by atoms with Crippen LogP contribution in [0.3, 0.4) is 0 Å². The Morgan fingerprint density at radius 3 is 1.75 bits per heavy atom. The van der Waals surface area contributed by atoms with Crippen molar-refractivity contribution in [3.05, 3.63) is 94.5 Å². The number of nitrogens with zero attached hydrogens (tertiary/aromatic N) is 1. The van der Waals surface area contributed by atoms with Gasteiger partial charge in [-0.2, -0.15) is 0 Å². The van der Waals surface area contributed by atoms with Gasteiger partial charge < -0.3 is 35.6 Å². The lowest BCUT2D eigenvalue weighted by molar-refractivity contribution is -0.181. The molecule has 3 aromatic carbocycles. The minimum atomic E-state index is -1.00. The van der Waals surface area contributed by atoms with E-state index in [2.05, 4.69) is 55.7 Å². The maximum Gasteiger partial charge on any atom is 0.322 e. The number of benzene rings is 3. The van der Waals surface area contributed by atoms with Gasteiger partial charge >= 0.3 is 12.1 Å². The minimum Gasteiger partial charge on any atom is -0.497 e. The molecule has 0 radical (unpaired) electrons. The van der Waals surface area contributed by atoms with Crippen LogP contribution in [0.15, 0.2) is 66.7 Å². The average molecular weight is 837 g/mol. The zero-order valence-corrected chi connectivity index (χ0v) is 33.5. The molecule has 3 aromatic rings. The Morgan fingerprint density at radius 2 is 1.21 bits per heavy atom. The van der Waals surface area contributed by atoms with Crippen LogP contribution in [0.2, 0.25) is 0 Å².